The lowest BCUT2D eigenvalue weighted by Gasteiger charge is -2.31. The van der Waals surface area contributed by atoms with E-state index in [1.54, 1.807) is 4.90 Å². The van der Waals surface area contributed by atoms with Crippen LogP contribution < -0.4 is 5.32 Å². The lowest BCUT2D eigenvalue weighted by Crippen LogP contribution is -2.50. The first-order chi connectivity index (χ1) is 11.5. The summed E-state index contributed by atoms with van der Waals surface area (Å²) in [4.78, 5) is 26.9. The zero-order valence-electron chi connectivity index (χ0n) is 15.2. The average molecular weight is 330 g/mol. The summed E-state index contributed by atoms with van der Waals surface area (Å²) in [5.41, 5.74) is 2.26. The topological polar surface area (TPSA) is 49.4 Å². The summed E-state index contributed by atoms with van der Waals surface area (Å²) in [6.07, 6.45) is 5.53. The normalized spacial score (nSPS) is 16.0. The molecule has 1 aromatic rings. The van der Waals surface area contributed by atoms with Crippen LogP contribution in [0.5, 0.6) is 0 Å². The van der Waals surface area contributed by atoms with E-state index in [0.29, 0.717) is 19.4 Å². The number of aryl methyl sites for hydroxylation is 1. The molecule has 0 aromatic heterocycles. The van der Waals surface area contributed by atoms with Gasteiger partial charge in [0.05, 0.1) is 0 Å². The van der Waals surface area contributed by atoms with E-state index in [4.69, 9.17) is 0 Å². The van der Waals surface area contributed by atoms with Gasteiger partial charge < -0.3 is 10.2 Å². The van der Waals surface area contributed by atoms with Gasteiger partial charge >= 0.3 is 0 Å². The van der Waals surface area contributed by atoms with Crippen molar-refractivity contribution in [1.29, 1.82) is 0 Å². The number of amides is 2. The minimum atomic E-state index is -0.389. The first-order valence-corrected chi connectivity index (χ1v) is 9.20. The van der Waals surface area contributed by atoms with E-state index in [1.807, 2.05) is 45.0 Å². The van der Waals surface area contributed by atoms with Gasteiger partial charge in [0, 0.05) is 19.0 Å². The van der Waals surface area contributed by atoms with Crippen LogP contribution in [0.25, 0.3) is 0 Å². The molecular weight excluding hydrogens is 300 g/mol. The molecule has 1 aromatic carbocycles. The van der Waals surface area contributed by atoms with Crippen molar-refractivity contribution >= 4 is 11.8 Å². The molecular formula is C20H30N2O2. The molecule has 0 saturated heterocycles. The molecule has 1 fully saturated rings. The number of nitrogens with one attached hydrogen (secondary N) is 1. The molecule has 2 amide bonds. The van der Waals surface area contributed by atoms with Gasteiger partial charge in [-0.3, -0.25) is 9.59 Å². The molecule has 0 heterocycles. The summed E-state index contributed by atoms with van der Waals surface area (Å²) in [7, 11) is 0. The number of rotatable bonds is 7. The number of benzene rings is 1. The van der Waals surface area contributed by atoms with Gasteiger partial charge in [-0.25, -0.2) is 0 Å². The lowest BCUT2D eigenvalue weighted by molar-refractivity contribution is -0.141. The maximum absolute atomic E-state index is 12.7. The van der Waals surface area contributed by atoms with Crippen molar-refractivity contribution in [2.75, 3.05) is 0 Å². The second-order valence-corrected chi connectivity index (χ2v) is 6.77. The van der Waals surface area contributed by atoms with Crippen LogP contribution in [0.3, 0.4) is 0 Å². The van der Waals surface area contributed by atoms with E-state index in [9.17, 15) is 9.59 Å². The monoisotopic (exact) mass is 330 g/mol. The number of hydrogen-bond acceptors (Lipinski definition) is 2. The van der Waals surface area contributed by atoms with Gasteiger partial charge in [0.2, 0.25) is 11.8 Å². The Kier molecular flexibility index (Phi) is 6.83. The van der Waals surface area contributed by atoms with Crippen LogP contribution in [0.4, 0.5) is 0 Å². The fourth-order valence-corrected chi connectivity index (χ4v) is 3.38. The summed E-state index contributed by atoms with van der Waals surface area (Å²) < 4.78 is 0. The standard InChI is InChI=1S/C20H30N2O2/c1-4-18(20(24)21-17-8-6-7-9-17)22(19(23)5-2)14-16-12-10-15(3)11-13-16/h10-13,17-18H,4-9,14H2,1-3H3,(H,21,24)/t18-/m0/s1. The highest BCUT2D eigenvalue weighted by molar-refractivity contribution is 5.87. The molecule has 1 N–H and O–H groups in total. The molecule has 0 spiro atoms. The summed E-state index contributed by atoms with van der Waals surface area (Å²) in [6, 6.07) is 8.05. The van der Waals surface area contributed by atoms with Crippen molar-refractivity contribution in [3.63, 3.8) is 0 Å². The van der Waals surface area contributed by atoms with Gasteiger partial charge in [-0.1, -0.05) is 56.5 Å². The number of carbonyl (C=O) groups is 2. The molecule has 1 atom stereocenters. The molecule has 4 heteroatoms. The van der Waals surface area contributed by atoms with Crippen molar-refractivity contribution in [3.8, 4) is 0 Å². The highest BCUT2D eigenvalue weighted by atomic mass is 16.2. The Labute approximate surface area is 145 Å². The predicted molar refractivity (Wildman–Crippen MR) is 96.5 cm³/mol. The van der Waals surface area contributed by atoms with Crippen molar-refractivity contribution in [1.82, 2.24) is 10.2 Å². The molecule has 2 rings (SSSR count). The van der Waals surface area contributed by atoms with E-state index in [1.165, 1.54) is 18.4 Å². The van der Waals surface area contributed by atoms with Gasteiger partial charge in [-0.2, -0.15) is 0 Å². The molecule has 4 nitrogen and oxygen atoms in total. The molecule has 1 aliphatic carbocycles. The second kappa shape index (κ2) is 8.86. The zero-order chi connectivity index (χ0) is 17.5. The summed E-state index contributed by atoms with van der Waals surface area (Å²) in [6.45, 7) is 6.36. The third-order valence-corrected chi connectivity index (χ3v) is 4.86. The molecule has 0 unspecified atom stereocenters. The lowest BCUT2D eigenvalue weighted by atomic mass is 10.1. The van der Waals surface area contributed by atoms with Crippen LogP contribution in [0.15, 0.2) is 24.3 Å². The minimum Gasteiger partial charge on any atom is -0.352 e. The quantitative estimate of drug-likeness (QED) is 0.831. The van der Waals surface area contributed by atoms with Gasteiger partial charge in [-0.05, 0) is 31.7 Å². The number of carbonyl (C=O) groups excluding carboxylic acids is 2. The summed E-state index contributed by atoms with van der Waals surface area (Å²) in [5.74, 6) is 0.0299. The largest absolute Gasteiger partial charge is 0.352 e. The van der Waals surface area contributed by atoms with Gasteiger partial charge in [0.25, 0.3) is 0 Å². The van der Waals surface area contributed by atoms with Crippen molar-refractivity contribution in [2.45, 2.75) is 77.9 Å². The van der Waals surface area contributed by atoms with Crippen molar-refractivity contribution in [2.24, 2.45) is 0 Å². The van der Waals surface area contributed by atoms with E-state index >= 15 is 0 Å². The third kappa shape index (κ3) is 4.83. The van der Waals surface area contributed by atoms with Crippen LogP contribution in [-0.2, 0) is 16.1 Å². The SMILES string of the molecule is CCC(=O)N(Cc1ccc(C)cc1)[C@@H](CC)C(=O)NC1CCCC1. The molecule has 1 saturated carbocycles. The number of nitrogens with zero attached hydrogens (tertiary/aromatic N) is 1. The Morgan fingerprint density at radius 3 is 2.33 bits per heavy atom. The smallest absolute Gasteiger partial charge is 0.243 e. The van der Waals surface area contributed by atoms with Crippen LogP contribution in [0.1, 0.15) is 63.5 Å². The fraction of sp³-hybridized carbons (Fsp3) is 0.600. The Balaban J connectivity index is 2.11. The number of hydrogen-bond donors (Lipinski definition) is 1. The second-order valence-electron chi connectivity index (χ2n) is 6.77. The van der Waals surface area contributed by atoms with E-state index in [-0.39, 0.29) is 23.9 Å². The first kappa shape index (κ1) is 18.5. The van der Waals surface area contributed by atoms with Crippen LogP contribution in [-0.4, -0.2) is 28.8 Å². The maximum Gasteiger partial charge on any atom is 0.243 e. The Bertz CT molecular complexity index is 547. The Hall–Kier alpha value is -1.84. The summed E-state index contributed by atoms with van der Waals surface area (Å²) >= 11 is 0. The fourth-order valence-electron chi connectivity index (χ4n) is 3.38. The van der Waals surface area contributed by atoms with Gasteiger partial charge in [0.15, 0.2) is 0 Å². The van der Waals surface area contributed by atoms with Crippen molar-refractivity contribution < 1.29 is 9.59 Å². The van der Waals surface area contributed by atoms with Crippen LogP contribution in [0.2, 0.25) is 0 Å². The highest BCUT2D eigenvalue weighted by Gasteiger charge is 2.29. The molecule has 0 bridgehead atoms. The third-order valence-electron chi connectivity index (χ3n) is 4.86. The summed E-state index contributed by atoms with van der Waals surface area (Å²) in [5, 5.41) is 3.15. The van der Waals surface area contributed by atoms with Gasteiger partial charge in [-0.15, -0.1) is 0 Å². The van der Waals surface area contributed by atoms with Crippen molar-refractivity contribution in [3.05, 3.63) is 35.4 Å². The van der Waals surface area contributed by atoms with E-state index < -0.39 is 0 Å². The van der Waals surface area contributed by atoms with Crippen LogP contribution >= 0.6 is 0 Å². The van der Waals surface area contributed by atoms with Gasteiger partial charge in [0.1, 0.15) is 6.04 Å². The minimum absolute atomic E-state index is 0.00156. The molecule has 0 aliphatic heterocycles. The zero-order valence-corrected chi connectivity index (χ0v) is 15.2. The first-order valence-electron chi connectivity index (χ1n) is 9.20. The highest BCUT2D eigenvalue weighted by Crippen LogP contribution is 2.19. The molecule has 24 heavy (non-hydrogen) atoms. The van der Waals surface area contributed by atoms with E-state index in [2.05, 4.69) is 5.32 Å². The Morgan fingerprint density at radius 1 is 1.17 bits per heavy atom. The Morgan fingerprint density at radius 2 is 1.79 bits per heavy atom. The molecule has 1 aliphatic rings. The van der Waals surface area contributed by atoms with Crippen LogP contribution in [0, 0.1) is 6.92 Å². The molecule has 132 valence electrons. The maximum atomic E-state index is 12.7. The average Bonchev–Trinajstić information content (AvgIpc) is 3.08. The molecule has 0 radical (unpaired) electrons. The predicted octanol–water partition coefficient (Wildman–Crippen LogP) is 3.57. The van der Waals surface area contributed by atoms with E-state index in [0.717, 1.165) is 18.4 Å².